The van der Waals surface area contributed by atoms with Crippen molar-refractivity contribution in [2.45, 2.75) is 45.1 Å². The van der Waals surface area contributed by atoms with Crippen LogP contribution in [-0.2, 0) is 16.6 Å². The van der Waals surface area contributed by atoms with Gasteiger partial charge in [-0.05, 0) is 49.9 Å². The van der Waals surface area contributed by atoms with Gasteiger partial charge >= 0.3 is 0 Å². The van der Waals surface area contributed by atoms with Gasteiger partial charge in [0.2, 0.25) is 10.0 Å². The number of rotatable bonds is 7. The van der Waals surface area contributed by atoms with Crippen molar-refractivity contribution in [2.75, 3.05) is 26.2 Å². The van der Waals surface area contributed by atoms with Gasteiger partial charge in [0.25, 0.3) is 5.91 Å². The van der Waals surface area contributed by atoms with Crippen molar-refractivity contribution in [1.29, 1.82) is 0 Å². The van der Waals surface area contributed by atoms with Crippen molar-refractivity contribution in [3.8, 4) is 0 Å². The van der Waals surface area contributed by atoms with Gasteiger partial charge in [0.1, 0.15) is 5.82 Å². The number of nitrogens with zero attached hydrogens (tertiary/aromatic N) is 4. The third-order valence-electron chi connectivity index (χ3n) is 5.72. The molecule has 1 aliphatic rings. The number of carbonyl (C=O) groups excluding carboxylic acids is 1. The van der Waals surface area contributed by atoms with Gasteiger partial charge in [-0.1, -0.05) is 13.8 Å². The molecule has 2 aromatic rings. The Hall–Kier alpha value is -2.19. The molecular weight excluding hydrogens is 388 g/mol. The third kappa shape index (κ3) is 4.70. The highest BCUT2D eigenvalue weighted by atomic mass is 32.2. The van der Waals surface area contributed by atoms with Crippen molar-refractivity contribution in [3.63, 3.8) is 0 Å². The first-order chi connectivity index (χ1) is 13.9. The Labute approximate surface area is 173 Å². The van der Waals surface area contributed by atoms with E-state index in [9.17, 15) is 13.2 Å². The van der Waals surface area contributed by atoms with Crippen LogP contribution in [0.15, 0.2) is 41.6 Å². The fourth-order valence-corrected chi connectivity index (χ4v) is 5.32. The molecule has 1 aliphatic heterocycles. The van der Waals surface area contributed by atoms with Crippen molar-refractivity contribution in [3.05, 3.63) is 48.0 Å². The smallest absolute Gasteiger partial charge is 0.253 e. The largest absolute Gasteiger partial charge is 0.339 e. The molecular formula is C21H30N4O3S. The Balaban J connectivity index is 1.61. The van der Waals surface area contributed by atoms with E-state index in [-0.39, 0.29) is 10.8 Å². The number of hydrogen-bond acceptors (Lipinski definition) is 4. The molecule has 2 heterocycles. The number of likely N-dealkylation sites (tertiary alicyclic amines) is 1. The Bertz CT molecular complexity index is 925. The monoisotopic (exact) mass is 418 g/mol. The Morgan fingerprint density at radius 3 is 2.28 bits per heavy atom. The normalized spacial score (nSPS) is 15.8. The lowest BCUT2D eigenvalue weighted by Crippen LogP contribution is -2.39. The van der Waals surface area contributed by atoms with Crippen LogP contribution in [0.4, 0.5) is 0 Å². The molecule has 1 amide bonds. The highest BCUT2D eigenvalue weighted by Crippen LogP contribution is 2.22. The highest BCUT2D eigenvalue weighted by molar-refractivity contribution is 7.89. The average molecular weight is 419 g/mol. The summed E-state index contributed by atoms with van der Waals surface area (Å²) in [7, 11) is -3.50. The molecule has 0 unspecified atom stereocenters. The van der Waals surface area contributed by atoms with E-state index in [0.717, 1.165) is 38.3 Å². The first-order valence-corrected chi connectivity index (χ1v) is 11.7. The van der Waals surface area contributed by atoms with Crippen molar-refractivity contribution in [2.24, 2.45) is 5.92 Å². The van der Waals surface area contributed by atoms with Crippen LogP contribution in [0.3, 0.4) is 0 Å². The van der Waals surface area contributed by atoms with Gasteiger partial charge < -0.3 is 9.47 Å². The van der Waals surface area contributed by atoms with Crippen LogP contribution < -0.4 is 0 Å². The molecule has 1 aromatic heterocycles. The van der Waals surface area contributed by atoms with Crippen LogP contribution in [0.5, 0.6) is 0 Å². The van der Waals surface area contributed by atoms with E-state index in [1.807, 2.05) is 38.1 Å². The zero-order valence-corrected chi connectivity index (χ0v) is 18.2. The standard InChI is InChI=1S/C21H30N4O3S/c1-4-25(5-2)29(27,28)20-8-6-19(7-9-20)21(26)23-13-10-18(11-14-23)16-24-15-12-22-17(24)3/h6-9,12,15,18H,4-5,10-11,13-14,16H2,1-3H3. The lowest BCUT2D eigenvalue weighted by molar-refractivity contribution is 0.0682. The number of imidazole rings is 1. The summed E-state index contributed by atoms with van der Waals surface area (Å²) >= 11 is 0. The van der Waals surface area contributed by atoms with Crippen LogP contribution in [0, 0.1) is 12.8 Å². The molecule has 8 heteroatoms. The van der Waals surface area contributed by atoms with Crippen molar-refractivity contribution >= 4 is 15.9 Å². The molecule has 29 heavy (non-hydrogen) atoms. The second kappa shape index (κ2) is 9.09. The molecule has 7 nitrogen and oxygen atoms in total. The highest BCUT2D eigenvalue weighted by Gasteiger charge is 2.25. The minimum absolute atomic E-state index is 0.0333. The van der Waals surface area contributed by atoms with Crippen LogP contribution in [0.25, 0.3) is 0 Å². The average Bonchev–Trinajstić information content (AvgIpc) is 3.13. The number of benzene rings is 1. The summed E-state index contributed by atoms with van der Waals surface area (Å²) in [5, 5.41) is 0. The van der Waals surface area contributed by atoms with Crippen LogP contribution >= 0.6 is 0 Å². The number of piperidine rings is 1. The van der Waals surface area contributed by atoms with Gasteiger partial charge in [-0.2, -0.15) is 4.31 Å². The van der Waals surface area contributed by atoms with Gasteiger partial charge in [-0.25, -0.2) is 13.4 Å². The summed E-state index contributed by atoms with van der Waals surface area (Å²) < 4.78 is 28.8. The summed E-state index contributed by atoms with van der Waals surface area (Å²) in [5.41, 5.74) is 0.535. The molecule has 1 aromatic carbocycles. The molecule has 0 radical (unpaired) electrons. The van der Waals surface area contributed by atoms with Gasteiger partial charge in [0.15, 0.2) is 0 Å². The van der Waals surface area contributed by atoms with E-state index in [4.69, 9.17) is 0 Å². The predicted molar refractivity (Wildman–Crippen MR) is 112 cm³/mol. The Morgan fingerprint density at radius 2 is 1.76 bits per heavy atom. The lowest BCUT2D eigenvalue weighted by atomic mass is 9.96. The number of aromatic nitrogens is 2. The maximum absolute atomic E-state index is 12.8. The molecule has 0 aliphatic carbocycles. The van der Waals surface area contributed by atoms with E-state index >= 15 is 0 Å². The Kier molecular flexibility index (Phi) is 6.74. The predicted octanol–water partition coefficient (Wildman–Crippen LogP) is 2.77. The molecule has 0 spiro atoms. The van der Waals surface area contributed by atoms with Gasteiger partial charge in [0, 0.05) is 50.7 Å². The minimum Gasteiger partial charge on any atom is -0.339 e. The van der Waals surface area contributed by atoms with Crippen LogP contribution in [-0.4, -0.2) is 59.3 Å². The minimum atomic E-state index is -3.50. The van der Waals surface area contributed by atoms with Gasteiger partial charge in [-0.15, -0.1) is 0 Å². The second-order valence-electron chi connectivity index (χ2n) is 7.48. The fraction of sp³-hybridized carbons (Fsp3) is 0.524. The zero-order valence-electron chi connectivity index (χ0n) is 17.4. The maximum Gasteiger partial charge on any atom is 0.253 e. The SMILES string of the molecule is CCN(CC)S(=O)(=O)c1ccc(C(=O)N2CCC(Cn3ccnc3C)CC2)cc1. The lowest BCUT2D eigenvalue weighted by Gasteiger charge is -2.32. The van der Waals surface area contributed by atoms with Crippen LogP contribution in [0.1, 0.15) is 42.9 Å². The molecule has 158 valence electrons. The first-order valence-electron chi connectivity index (χ1n) is 10.2. The number of amides is 1. The van der Waals surface area contributed by atoms with E-state index < -0.39 is 10.0 Å². The van der Waals surface area contributed by atoms with E-state index in [1.54, 1.807) is 12.1 Å². The topological polar surface area (TPSA) is 75.5 Å². The summed E-state index contributed by atoms with van der Waals surface area (Å²) in [4.78, 5) is 19.2. The molecule has 0 bridgehead atoms. The third-order valence-corrected chi connectivity index (χ3v) is 7.79. The summed E-state index contributed by atoms with van der Waals surface area (Å²) in [6.45, 7) is 8.86. The van der Waals surface area contributed by atoms with E-state index in [2.05, 4.69) is 9.55 Å². The number of aryl methyl sites for hydroxylation is 1. The summed E-state index contributed by atoms with van der Waals surface area (Å²) in [5.74, 6) is 1.52. The van der Waals surface area contributed by atoms with E-state index in [1.165, 1.54) is 16.4 Å². The molecule has 0 saturated carbocycles. The van der Waals surface area contributed by atoms with Crippen molar-refractivity contribution in [1.82, 2.24) is 18.8 Å². The van der Waals surface area contributed by atoms with Gasteiger partial charge in [0.05, 0.1) is 4.90 Å². The molecule has 0 N–H and O–H groups in total. The fourth-order valence-electron chi connectivity index (χ4n) is 3.86. The molecule has 1 fully saturated rings. The summed E-state index contributed by atoms with van der Waals surface area (Å²) in [6.07, 6.45) is 5.73. The van der Waals surface area contributed by atoms with E-state index in [0.29, 0.717) is 24.6 Å². The second-order valence-corrected chi connectivity index (χ2v) is 9.41. The van der Waals surface area contributed by atoms with Crippen LogP contribution in [0.2, 0.25) is 0 Å². The first kappa shape index (κ1) is 21.5. The zero-order chi connectivity index (χ0) is 21.0. The number of carbonyl (C=O) groups is 1. The maximum atomic E-state index is 12.8. The Morgan fingerprint density at radius 1 is 1.14 bits per heavy atom. The number of hydrogen-bond donors (Lipinski definition) is 0. The molecule has 3 rings (SSSR count). The molecule has 0 atom stereocenters. The molecule has 1 saturated heterocycles. The van der Waals surface area contributed by atoms with Crippen molar-refractivity contribution < 1.29 is 13.2 Å². The summed E-state index contributed by atoms with van der Waals surface area (Å²) in [6, 6.07) is 6.32. The van der Waals surface area contributed by atoms with Gasteiger partial charge in [-0.3, -0.25) is 4.79 Å². The number of sulfonamides is 1. The quantitative estimate of drug-likeness (QED) is 0.693.